The van der Waals surface area contributed by atoms with Crippen molar-refractivity contribution in [1.82, 2.24) is 0 Å². The fourth-order valence-corrected chi connectivity index (χ4v) is 10.8. The van der Waals surface area contributed by atoms with Crippen LogP contribution in [0.2, 0.25) is 0 Å². The Labute approximate surface area is 235 Å². The second-order valence-electron chi connectivity index (χ2n) is 13.0. The van der Waals surface area contributed by atoms with Crippen LogP contribution < -0.4 is 0 Å². The summed E-state index contributed by atoms with van der Waals surface area (Å²) < 4.78 is 18.2. The second-order valence-corrected chi connectivity index (χ2v) is 14.4. The highest BCUT2D eigenvalue weighted by Crippen LogP contribution is 2.82. The molecule has 4 bridgehead atoms. The Balaban J connectivity index is 1.50. The first kappa shape index (κ1) is 28.8. The van der Waals surface area contributed by atoms with Gasteiger partial charge in [0.1, 0.15) is 17.8 Å². The molecule has 8 nitrogen and oxygen atoms in total. The molecular formula is C30H42O8S. The van der Waals surface area contributed by atoms with Crippen molar-refractivity contribution in [3.8, 4) is 0 Å². The van der Waals surface area contributed by atoms with E-state index in [4.69, 9.17) is 14.2 Å². The molecule has 4 fully saturated rings. The molecule has 7 unspecified atom stereocenters. The van der Waals surface area contributed by atoms with Crippen LogP contribution in [0.3, 0.4) is 0 Å². The van der Waals surface area contributed by atoms with Gasteiger partial charge in [-0.3, -0.25) is 14.4 Å². The van der Waals surface area contributed by atoms with Crippen LogP contribution in [0.5, 0.6) is 0 Å². The van der Waals surface area contributed by atoms with Crippen molar-refractivity contribution in [3.63, 3.8) is 0 Å². The van der Waals surface area contributed by atoms with Crippen LogP contribution in [0, 0.1) is 45.8 Å². The highest BCUT2D eigenvalue weighted by atomic mass is 32.2. The number of ether oxygens (including phenoxy) is 3. The highest BCUT2D eigenvalue weighted by Gasteiger charge is 2.84. The Morgan fingerprint density at radius 1 is 1.21 bits per heavy atom. The number of carboxylic acid groups (broad SMARTS) is 1. The summed E-state index contributed by atoms with van der Waals surface area (Å²) in [6.07, 6.45) is 4.89. The molecule has 3 saturated carbocycles. The van der Waals surface area contributed by atoms with Crippen LogP contribution in [0.25, 0.3) is 0 Å². The molecule has 0 aromatic heterocycles. The lowest BCUT2D eigenvalue weighted by Gasteiger charge is -2.58. The molecular weight excluding hydrogens is 520 g/mol. The van der Waals surface area contributed by atoms with Crippen molar-refractivity contribution in [2.75, 3.05) is 6.61 Å². The van der Waals surface area contributed by atoms with Crippen molar-refractivity contribution >= 4 is 35.1 Å². The largest absolute Gasteiger partial charge is 0.481 e. The minimum atomic E-state index is -1.31. The number of carbonyl (C=O) groups is 4. The zero-order valence-electron chi connectivity index (χ0n) is 23.8. The molecule has 0 amide bonds. The van der Waals surface area contributed by atoms with Gasteiger partial charge in [-0.25, -0.2) is 0 Å². The Bertz CT molecular complexity index is 1090. The normalized spacial score (nSPS) is 46.1. The summed E-state index contributed by atoms with van der Waals surface area (Å²) >= 11 is 1.12. The van der Waals surface area contributed by atoms with E-state index in [0.29, 0.717) is 25.2 Å². The zero-order valence-corrected chi connectivity index (χ0v) is 24.6. The van der Waals surface area contributed by atoms with Crippen molar-refractivity contribution in [3.05, 3.63) is 11.6 Å². The van der Waals surface area contributed by atoms with Gasteiger partial charge in [-0.05, 0) is 55.8 Å². The lowest BCUT2D eigenvalue weighted by atomic mass is 9.43. The van der Waals surface area contributed by atoms with Gasteiger partial charge in [0.2, 0.25) is 0 Å². The summed E-state index contributed by atoms with van der Waals surface area (Å²) in [5.74, 6) is -0.655. The number of esters is 1. The molecule has 39 heavy (non-hydrogen) atoms. The molecule has 4 aliphatic carbocycles. The summed E-state index contributed by atoms with van der Waals surface area (Å²) in [4.78, 5) is 50.5. The lowest BCUT2D eigenvalue weighted by Crippen LogP contribution is -2.63. The van der Waals surface area contributed by atoms with Crippen molar-refractivity contribution in [1.29, 1.82) is 0 Å². The van der Waals surface area contributed by atoms with E-state index in [0.717, 1.165) is 36.5 Å². The number of fused-ring (bicyclic) bond motifs is 2. The molecule has 9 heteroatoms. The van der Waals surface area contributed by atoms with Crippen LogP contribution in [-0.4, -0.2) is 58.8 Å². The third kappa shape index (κ3) is 3.92. The Morgan fingerprint density at radius 3 is 2.51 bits per heavy atom. The number of rotatable bonds is 8. The molecule has 1 heterocycles. The van der Waals surface area contributed by atoms with Gasteiger partial charge >= 0.3 is 11.9 Å². The SMILES string of the molecule is CC(=O)O[C@H]1[C@@H](SC(C)=O)C[C@H](OCC23CC4C(C)CCC4C4(C=O)CC2C=C(C(C)C)C43C(=O)O)O[C@@H]1C. The fraction of sp³-hybridized carbons (Fsp3) is 0.800. The third-order valence-electron chi connectivity index (χ3n) is 10.9. The van der Waals surface area contributed by atoms with Crippen LogP contribution in [-0.2, 0) is 33.4 Å². The number of hydrogen-bond donors (Lipinski definition) is 1. The van der Waals surface area contributed by atoms with E-state index >= 15 is 0 Å². The number of thioether (sulfide) groups is 1. The summed E-state index contributed by atoms with van der Waals surface area (Å²) in [5.41, 5.74) is -2.12. The lowest BCUT2D eigenvalue weighted by molar-refractivity contribution is -0.244. The van der Waals surface area contributed by atoms with Crippen molar-refractivity contribution in [2.24, 2.45) is 45.8 Å². The van der Waals surface area contributed by atoms with Gasteiger partial charge in [-0.2, -0.15) is 0 Å². The summed E-state index contributed by atoms with van der Waals surface area (Å²) in [5, 5.41) is 10.7. The zero-order chi connectivity index (χ0) is 28.5. The number of carboxylic acids is 1. The molecule has 0 spiro atoms. The minimum Gasteiger partial charge on any atom is -0.481 e. The molecule has 11 atom stereocenters. The molecule has 1 aliphatic heterocycles. The first-order valence-corrected chi connectivity index (χ1v) is 15.3. The Kier molecular flexibility index (Phi) is 7.37. The molecule has 0 radical (unpaired) electrons. The highest BCUT2D eigenvalue weighted by molar-refractivity contribution is 8.14. The predicted molar refractivity (Wildman–Crippen MR) is 145 cm³/mol. The molecule has 5 rings (SSSR count). The minimum absolute atomic E-state index is 0.00716. The van der Waals surface area contributed by atoms with E-state index in [2.05, 4.69) is 13.0 Å². The number of aldehydes is 1. The van der Waals surface area contributed by atoms with Gasteiger partial charge < -0.3 is 24.1 Å². The standard InChI is InChI=1S/C30H42O8S/c1-15(2)23-9-20-11-28(13-31)22-8-7-16(3)21(22)12-29(20,30(23,28)27(34)35)14-36-25-10-24(39-19(6)33)26(17(4)37-25)38-18(5)32/h9,13,15-17,20-22,24-26H,7-8,10-12,14H2,1-6H3,(H,34,35)/t16?,17-,20?,21?,22?,24+,25-,26-,28?,29?,30?/m1/s1. The van der Waals surface area contributed by atoms with Gasteiger partial charge in [0.15, 0.2) is 11.4 Å². The van der Waals surface area contributed by atoms with E-state index in [9.17, 15) is 24.3 Å². The van der Waals surface area contributed by atoms with Crippen LogP contribution in [0.15, 0.2) is 11.6 Å². The van der Waals surface area contributed by atoms with Crippen molar-refractivity contribution < 1.29 is 38.5 Å². The number of allylic oxidation sites excluding steroid dienone is 1. The quantitative estimate of drug-likeness (QED) is 0.256. The predicted octanol–water partition coefficient (Wildman–Crippen LogP) is 4.64. The number of aliphatic carboxylic acids is 1. The topological polar surface area (TPSA) is 116 Å². The molecule has 0 aromatic rings. The summed E-state index contributed by atoms with van der Waals surface area (Å²) in [6.45, 7) is 11.1. The van der Waals surface area contributed by atoms with E-state index in [1.54, 1.807) is 6.92 Å². The maximum atomic E-state index is 13.6. The average Bonchev–Trinajstić information content (AvgIpc) is 3.42. The van der Waals surface area contributed by atoms with Crippen LogP contribution in [0.4, 0.5) is 0 Å². The Morgan fingerprint density at radius 2 is 1.92 bits per heavy atom. The monoisotopic (exact) mass is 562 g/mol. The molecule has 1 N–H and O–H groups in total. The van der Waals surface area contributed by atoms with Crippen LogP contribution >= 0.6 is 11.8 Å². The summed E-state index contributed by atoms with van der Waals surface area (Å²) in [7, 11) is 0. The molecule has 5 aliphatic rings. The van der Waals surface area contributed by atoms with E-state index in [1.807, 2.05) is 13.8 Å². The Hall–Kier alpha value is -1.71. The molecule has 0 aromatic carbocycles. The van der Waals surface area contributed by atoms with Crippen LogP contribution in [0.1, 0.15) is 73.6 Å². The van der Waals surface area contributed by atoms with Crippen molar-refractivity contribution in [2.45, 2.75) is 97.4 Å². The van der Waals surface area contributed by atoms with Gasteiger partial charge in [0, 0.05) is 25.7 Å². The number of hydrogen-bond acceptors (Lipinski definition) is 8. The van der Waals surface area contributed by atoms with E-state index in [1.165, 1.54) is 13.8 Å². The maximum Gasteiger partial charge on any atom is 0.315 e. The van der Waals surface area contributed by atoms with Gasteiger partial charge in [-0.15, -0.1) is 0 Å². The first-order chi connectivity index (χ1) is 18.3. The second kappa shape index (κ2) is 9.98. The fourth-order valence-electron chi connectivity index (χ4n) is 9.67. The van der Waals surface area contributed by atoms with Gasteiger partial charge in [-0.1, -0.05) is 50.6 Å². The van der Waals surface area contributed by atoms with E-state index in [-0.39, 0.29) is 40.6 Å². The molecule has 216 valence electrons. The molecule has 1 saturated heterocycles. The smallest absolute Gasteiger partial charge is 0.315 e. The average molecular weight is 563 g/mol. The maximum absolute atomic E-state index is 13.6. The summed E-state index contributed by atoms with van der Waals surface area (Å²) in [6, 6.07) is 0. The van der Waals surface area contributed by atoms with E-state index < -0.39 is 46.7 Å². The first-order valence-electron chi connectivity index (χ1n) is 14.4. The number of carbonyl (C=O) groups excluding carboxylic acids is 3. The third-order valence-corrected chi connectivity index (χ3v) is 12.0. The van der Waals surface area contributed by atoms with Gasteiger partial charge in [0.05, 0.1) is 23.4 Å². The van der Waals surface area contributed by atoms with Gasteiger partial charge in [0.25, 0.3) is 0 Å².